The number of hydrogen-bond donors (Lipinski definition) is 1. The molecule has 1 aromatic rings. The van der Waals surface area contributed by atoms with Crippen molar-refractivity contribution in [2.45, 2.75) is 17.9 Å². The summed E-state index contributed by atoms with van der Waals surface area (Å²) in [5.41, 5.74) is 0. The summed E-state index contributed by atoms with van der Waals surface area (Å²) in [5, 5.41) is 0. The van der Waals surface area contributed by atoms with Crippen molar-refractivity contribution in [3.05, 3.63) is 24.0 Å². The molecule has 0 saturated carbocycles. The van der Waals surface area contributed by atoms with E-state index >= 15 is 0 Å². The smallest absolute Gasteiger partial charge is 0.240 e. The van der Waals surface area contributed by atoms with E-state index < -0.39 is 15.8 Å². The molecule has 1 aliphatic rings. The minimum absolute atomic E-state index is 0.0142. The van der Waals surface area contributed by atoms with E-state index in [9.17, 15) is 12.8 Å². The second-order valence-corrected chi connectivity index (χ2v) is 6.95. The van der Waals surface area contributed by atoms with Crippen LogP contribution >= 0.6 is 0 Å². The van der Waals surface area contributed by atoms with E-state index in [4.69, 9.17) is 9.47 Å². The van der Waals surface area contributed by atoms with Gasteiger partial charge >= 0.3 is 0 Å². The number of rotatable bonds is 6. The van der Waals surface area contributed by atoms with Gasteiger partial charge in [-0.05, 0) is 25.1 Å². The number of nitrogens with one attached hydrogen (secondary N) is 1. The van der Waals surface area contributed by atoms with Gasteiger partial charge in [-0.3, -0.25) is 4.90 Å². The Morgan fingerprint density at radius 3 is 2.68 bits per heavy atom. The largest absolute Gasteiger partial charge is 0.494 e. The molecule has 2 rings (SSSR count). The Kier molecular flexibility index (Phi) is 5.74. The summed E-state index contributed by atoms with van der Waals surface area (Å²) in [6.45, 7) is 5.24. The molecular weight excluding hydrogens is 311 g/mol. The number of methoxy groups -OCH3 is 1. The van der Waals surface area contributed by atoms with Crippen LogP contribution in [-0.2, 0) is 14.8 Å². The van der Waals surface area contributed by atoms with Crippen LogP contribution in [-0.4, -0.2) is 59.3 Å². The van der Waals surface area contributed by atoms with E-state index in [1.54, 1.807) is 6.92 Å². The zero-order valence-corrected chi connectivity index (χ0v) is 13.5. The summed E-state index contributed by atoms with van der Waals surface area (Å²) in [5.74, 6) is -0.688. The van der Waals surface area contributed by atoms with Crippen LogP contribution in [0.15, 0.2) is 23.1 Å². The zero-order chi connectivity index (χ0) is 16.2. The molecule has 1 N–H and O–H groups in total. The van der Waals surface area contributed by atoms with Gasteiger partial charge in [0.2, 0.25) is 10.0 Å². The quantitative estimate of drug-likeness (QED) is 0.836. The molecule has 1 aliphatic heterocycles. The van der Waals surface area contributed by atoms with Crippen molar-refractivity contribution in [1.29, 1.82) is 0 Å². The molecule has 0 bridgehead atoms. The van der Waals surface area contributed by atoms with E-state index in [0.717, 1.165) is 19.2 Å². The maximum atomic E-state index is 13.7. The van der Waals surface area contributed by atoms with Crippen LogP contribution in [0.4, 0.5) is 4.39 Å². The fourth-order valence-electron chi connectivity index (χ4n) is 2.36. The standard InChI is InChI=1S/C14H21FN2O4S/c1-11(10-17-5-7-21-8-6-17)16-22(18,19)12-3-4-14(20-2)13(15)9-12/h3-4,9,11,16H,5-8,10H2,1-2H3/t11-/m0/s1. The lowest BCUT2D eigenvalue weighted by atomic mass is 10.3. The minimum Gasteiger partial charge on any atom is -0.494 e. The Hall–Kier alpha value is -1.22. The number of hydrogen-bond acceptors (Lipinski definition) is 5. The van der Waals surface area contributed by atoms with E-state index in [0.29, 0.717) is 19.8 Å². The van der Waals surface area contributed by atoms with Gasteiger partial charge in [0, 0.05) is 25.7 Å². The molecular formula is C14H21FN2O4S. The number of nitrogens with zero attached hydrogens (tertiary/aromatic N) is 1. The number of benzene rings is 1. The summed E-state index contributed by atoms with van der Waals surface area (Å²) >= 11 is 0. The second kappa shape index (κ2) is 7.36. The molecule has 0 unspecified atom stereocenters. The van der Waals surface area contributed by atoms with Crippen molar-refractivity contribution in [3.63, 3.8) is 0 Å². The molecule has 22 heavy (non-hydrogen) atoms. The highest BCUT2D eigenvalue weighted by molar-refractivity contribution is 7.89. The van der Waals surface area contributed by atoms with E-state index in [1.807, 2.05) is 0 Å². The number of sulfonamides is 1. The average molecular weight is 332 g/mol. The van der Waals surface area contributed by atoms with Gasteiger partial charge in [-0.2, -0.15) is 0 Å². The highest BCUT2D eigenvalue weighted by atomic mass is 32.2. The van der Waals surface area contributed by atoms with Crippen LogP contribution in [0.2, 0.25) is 0 Å². The van der Waals surface area contributed by atoms with Crippen LogP contribution < -0.4 is 9.46 Å². The number of halogens is 1. The molecule has 0 amide bonds. The number of ether oxygens (including phenoxy) is 2. The predicted octanol–water partition coefficient (Wildman–Crippen LogP) is 0.833. The lowest BCUT2D eigenvalue weighted by Gasteiger charge is -2.29. The third-order valence-corrected chi connectivity index (χ3v) is 5.01. The third-order valence-electron chi connectivity index (χ3n) is 3.43. The Balaban J connectivity index is 2.01. The maximum Gasteiger partial charge on any atom is 0.240 e. The summed E-state index contributed by atoms with van der Waals surface area (Å²) < 4.78 is 50.8. The Labute approximate surface area is 130 Å². The number of morpholine rings is 1. The zero-order valence-electron chi connectivity index (χ0n) is 12.7. The van der Waals surface area contributed by atoms with Crippen LogP contribution in [0, 0.1) is 5.82 Å². The first-order valence-corrected chi connectivity index (χ1v) is 8.56. The van der Waals surface area contributed by atoms with Gasteiger partial charge < -0.3 is 9.47 Å². The lowest BCUT2D eigenvalue weighted by molar-refractivity contribution is 0.0354. The van der Waals surface area contributed by atoms with Crippen molar-refractivity contribution < 1.29 is 22.3 Å². The summed E-state index contributed by atoms with van der Waals surface area (Å²) in [4.78, 5) is 2.02. The van der Waals surface area contributed by atoms with Crippen molar-refractivity contribution in [2.75, 3.05) is 40.0 Å². The molecule has 6 nitrogen and oxygen atoms in total. The van der Waals surface area contributed by atoms with Crippen LogP contribution in [0.1, 0.15) is 6.92 Å². The SMILES string of the molecule is COc1ccc(S(=O)(=O)N[C@@H](C)CN2CCOCC2)cc1F. The van der Waals surface area contributed by atoms with Crippen LogP contribution in [0.25, 0.3) is 0 Å². The molecule has 1 heterocycles. The molecule has 1 aromatic carbocycles. The molecule has 0 spiro atoms. The van der Waals surface area contributed by atoms with E-state index in [-0.39, 0.29) is 16.7 Å². The van der Waals surface area contributed by atoms with Crippen molar-refractivity contribution in [3.8, 4) is 5.75 Å². The summed E-state index contributed by atoms with van der Waals surface area (Å²) in [6, 6.07) is 3.30. The predicted molar refractivity (Wildman–Crippen MR) is 80.0 cm³/mol. The molecule has 0 radical (unpaired) electrons. The van der Waals surface area contributed by atoms with Gasteiger partial charge in [-0.25, -0.2) is 17.5 Å². The third kappa shape index (κ3) is 4.39. The maximum absolute atomic E-state index is 13.7. The van der Waals surface area contributed by atoms with Crippen molar-refractivity contribution in [1.82, 2.24) is 9.62 Å². The van der Waals surface area contributed by atoms with E-state index in [2.05, 4.69) is 9.62 Å². The Morgan fingerprint density at radius 1 is 1.41 bits per heavy atom. The first-order chi connectivity index (χ1) is 10.4. The first-order valence-electron chi connectivity index (χ1n) is 7.08. The fraction of sp³-hybridized carbons (Fsp3) is 0.571. The Bertz CT molecular complexity index is 603. The summed E-state index contributed by atoms with van der Waals surface area (Å²) in [6.07, 6.45) is 0. The minimum atomic E-state index is -3.76. The van der Waals surface area contributed by atoms with E-state index in [1.165, 1.54) is 19.2 Å². The normalized spacial score (nSPS) is 18.1. The van der Waals surface area contributed by atoms with Crippen molar-refractivity contribution in [2.24, 2.45) is 0 Å². The molecule has 8 heteroatoms. The fourth-order valence-corrected chi connectivity index (χ4v) is 3.60. The average Bonchev–Trinajstić information content (AvgIpc) is 2.47. The van der Waals surface area contributed by atoms with Crippen LogP contribution in [0.5, 0.6) is 5.75 Å². The molecule has 0 aliphatic carbocycles. The highest BCUT2D eigenvalue weighted by Crippen LogP contribution is 2.20. The lowest BCUT2D eigenvalue weighted by Crippen LogP contribution is -2.45. The van der Waals surface area contributed by atoms with Crippen molar-refractivity contribution >= 4 is 10.0 Å². The van der Waals surface area contributed by atoms with Gasteiger partial charge in [0.1, 0.15) is 0 Å². The van der Waals surface area contributed by atoms with Gasteiger partial charge in [0.15, 0.2) is 11.6 Å². The van der Waals surface area contributed by atoms with Gasteiger partial charge in [0.25, 0.3) is 0 Å². The second-order valence-electron chi connectivity index (χ2n) is 5.23. The van der Waals surface area contributed by atoms with Crippen LogP contribution in [0.3, 0.4) is 0 Å². The van der Waals surface area contributed by atoms with Gasteiger partial charge in [-0.1, -0.05) is 0 Å². The summed E-state index contributed by atoms with van der Waals surface area (Å²) in [7, 11) is -2.43. The molecule has 1 atom stereocenters. The highest BCUT2D eigenvalue weighted by Gasteiger charge is 2.21. The topological polar surface area (TPSA) is 67.9 Å². The Morgan fingerprint density at radius 2 is 2.09 bits per heavy atom. The first kappa shape index (κ1) is 17.1. The molecule has 1 fully saturated rings. The monoisotopic (exact) mass is 332 g/mol. The molecule has 124 valence electrons. The van der Waals surface area contributed by atoms with Gasteiger partial charge in [0.05, 0.1) is 25.2 Å². The molecule has 0 aromatic heterocycles. The molecule has 1 saturated heterocycles. The van der Waals surface area contributed by atoms with Gasteiger partial charge in [-0.15, -0.1) is 0 Å².